The number of alkyl halides is 2. The van der Waals surface area contributed by atoms with Crippen LogP contribution in [0.2, 0.25) is 5.02 Å². The van der Waals surface area contributed by atoms with Crippen LogP contribution in [-0.2, 0) is 0 Å². The van der Waals surface area contributed by atoms with Crippen LogP contribution >= 0.6 is 11.6 Å². The van der Waals surface area contributed by atoms with E-state index in [0.29, 0.717) is 18.7 Å². The Bertz CT molecular complexity index is 1350. The Labute approximate surface area is 199 Å². The Balaban J connectivity index is 2.32. The number of halogens is 3. The number of hydrogen-bond acceptors (Lipinski definition) is 6. The van der Waals surface area contributed by atoms with Gasteiger partial charge in [-0.2, -0.15) is 5.26 Å². The number of aryl methyl sites for hydroxylation is 1. The van der Waals surface area contributed by atoms with Gasteiger partial charge in [0.2, 0.25) is 0 Å². The predicted molar refractivity (Wildman–Crippen MR) is 125 cm³/mol. The summed E-state index contributed by atoms with van der Waals surface area (Å²) in [7, 11) is 0. The van der Waals surface area contributed by atoms with Gasteiger partial charge in [-0.1, -0.05) is 23.7 Å². The number of anilines is 2. The smallest absolute Gasteiger partial charge is 0.338 e. The molecule has 0 bridgehead atoms. The third-order valence-corrected chi connectivity index (χ3v) is 5.67. The lowest BCUT2D eigenvalue weighted by Crippen LogP contribution is -2.30. The van der Waals surface area contributed by atoms with Crippen LogP contribution in [0.3, 0.4) is 0 Å². The fraction of sp³-hybridized carbons (Fsp3) is 0.304. The fourth-order valence-corrected chi connectivity index (χ4v) is 4.03. The summed E-state index contributed by atoms with van der Waals surface area (Å²) in [6.45, 7) is 6.04. The number of nitrogens with zero attached hydrogens (tertiary/aromatic N) is 4. The maximum atomic E-state index is 14.4. The van der Waals surface area contributed by atoms with Crippen molar-refractivity contribution in [1.82, 2.24) is 9.38 Å². The van der Waals surface area contributed by atoms with E-state index in [0.717, 1.165) is 4.40 Å². The van der Waals surface area contributed by atoms with Gasteiger partial charge in [-0.05, 0) is 38.5 Å². The van der Waals surface area contributed by atoms with Gasteiger partial charge in [0.25, 0.3) is 12.0 Å². The molecule has 1 unspecified atom stereocenters. The lowest BCUT2D eigenvalue weighted by Gasteiger charge is -2.25. The lowest BCUT2D eigenvalue weighted by molar-refractivity contribution is 0.0696. The molecular weight excluding hydrogens is 468 g/mol. The Morgan fingerprint density at radius 1 is 1.35 bits per heavy atom. The van der Waals surface area contributed by atoms with Gasteiger partial charge < -0.3 is 15.3 Å². The van der Waals surface area contributed by atoms with Crippen LogP contribution in [0.4, 0.5) is 20.3 Å². The third kappa shape index (κ3) is 4.52. The predicted octanol–water partition coefficient (Wildman–Crippen LogP) is 4.49. The van der Waals surface area contributed by atoms with Crippen LogP contribution in [0.25, 0.3) is 5.65 Å². The molecule has 0 fully saturated rings. The average molecular weight is 490 g/mol. The Kier molecular flexibility index (Phi) is 7.37. The first-order valence-corrected chi connectivity index (χ1v) is 10.8. The zero-order valence-electron chi connectivity index (χ0n) is 18.6. The van der Waals surface area contributed by atoms with Crippen molar-refractivity contribution in [3.05, 3.63) is 68.1 Å². The second-order valence-corrected chi connectivity index (χ2v) is 7.90. The summed E-state index contributed by atoms with van der Waals surface area (Å²) in [5.74, 6) is -1.20. The van der Waals surface area contributed by atoms with Gasteiger partial charge in [0.1, 0.15) is 17.8 Å². The molecule has 0 saturated carbocycles. The number of nitrogens with one attached hydrogen (secondary N) is 1. The summed E-state index contributed by atoms with van der Waals surface area (Å²) in [6.07, 6.45) is -1.81. The monoisotopic (exact) mass is 489 g/mol. The topological polar surface area (TPSA) is 111 Å². The highest BCUT2D eigenvalue weighted by Gasteiger charge is 2.29. The fourth-order valence-electron chi connectivity index (χ4n) is 3.81. The zero-order chi connectivity index (χ0) is 25.2. The van der Waals surface area contributed by atoms with Crippen molar-refractivity contribution in [2.75, 3.05) is 23.3 Å². The highest BCUT2D eigenvalue weighted by Crippen LogP contribution is 2.33. The summed E-state index contributed by atoms with van der Waals surface area (Å²) in [6, 6.07) is 5.84. The molecule has 0 amide bonds. The number of nitriles is 1. The highest BCUT2D eigenvalue weighted by molar-refractivity contribution is 6.30. The molecule has 2 heterocycles. The molecule has 3 aromatic rings. The molecule has 2 N–H and O–H groups in total. The van der Waals surface area contributed by atoms with Crippen LogP contribution in [-0.4, -0.2) is 40.0 Å². The van der Waals surface area contributed by atoms with E-state index in [1.807, 2.05) is 19.9 Å². The maximum Gasteiger partial charge on any atom is 0.338 e. The molecule has 8 nitrogen and oxygen atoms in total. The second kappa shape index (κ2) is 10.1. The molecule has 3 rings (SSSR count). The quantitative estimate of drug-likeness (QED) is 0.479. The van der Waals surface area contributed by atoms with Crippen molar-refractivity contribution >= 4 is 34.7 Å². The number of hydrogen-bond donors (Lipinski definition) is 2. The summed E-state index contributed by atoms with van der Waals surface area (Å²) in [4.78, 5) is 30.9. The van der Waals surface area contributed by atoms with Crippen molar-refractivity contribution in [2.24, 2.45) is 0 Å². The van der Waals surface area contributed by atoms with E-state index >= 15 is 0 Å². The van der Waals surface area contributed by atoms with Gasteiger partial charge in [-0.3, -0.25) is 9.20 Å². The third-order valence-electron chi connectivity index (χ3n) is 5.46. The van der Waals surface area contributed by atoms with Crippen molar-refractivity contribution < 1.29 is 18.7 Å². The summed E-state index contributed by atoms with van der Waals surface area (Å²) in [5, 5.41) is 21.8. The standard InChI is InChI=1S/C23H22ClF2N5O3/c1-4-30(5-2)20-15(10-27)22(32)31-11-13(24)9-14(21(31)29-20)18(19(25)26)28-16-8-6-7-12(3)17(16)23(33)34/h6-9,11,18-19,28H,4-5H2,1-3H3,(H,33,34). The SMILES string of the molecule is CCN(CC)c1nc2c(C(Nc3cccc(C)c3C(=O)O)C(F)F)cc(Cl)cn2c(=O)c1C#N. The number of carbonyl (C=O) groups is 1. The molecular formula is C23H22ClF2N5O3. The summed E-state index contributed by atoms with van der Waals surface area (Å²) < 4.78 is 29.7. The molecule has 1 aromatic carbocycles. The summed E-state index contributed by atoms with van der Waals surface area (Å²) >= 11 is 6.16. The van der Waals surface area contributed by atoms with E-state index in [4.69, 9.17) is 11.6 Å². The van der Waals surface area contributed by atoms with Crippen molar-refractivity contribution in [3.8, 4) is 6.07 Å². The molecule has 34 heavy (non-hydrogen) atoms. The van der Waals surface area contributed by atoms with E-state index in [-0.39, 0.29) is 38.9 Å². The zero-order valence-corrected chi connectivity index (χ0v) is 19.4. The van der Waals surface area contributed by atoms with Crippen LogP contribution in [0.1, 0.15) is 46.9 Å². The molecule has 2 aromatic heterocycles. The molecule has 1 atom stereocenters. The average Bonchev–Trinajstić information content (AvgIpc) is 2.78. The first-order valence-electron chi connectivity index (χ1n) is 10.4. The van der Waals surface area contributed by atoms with Crippen LogP contribution in [0.15, 0.2) is 35.3 Å². The number of fused-ring (bicyclic) bond motifs is 1. The highest BCUT2D eigenvalue weighted by atomic mass is 35.5. The number of aromatic nitrogens is 2. The van der Waals surface area contributed by atoms with Gasteiger partial charge in [0.15, 0.2) is 11.4 Å². The minimum atomic E-state index is -3.02. The Hall–Kier alpha value is -3.71. The molecule has 0 spiro atoms. The van der Waals surface area contributed by atoms with E-state index < -0.39 is 24.0 Å². The van der Waals surface area contributed by atoms with Gasteiger partial charge in [-0.15, -0.1) is 0 Å². The first kappa shape index (κ1) is 24.9. The van der Waals surface area contributed by atoms with Gasteiger partial charge in [0, 0.05) is 30.5 Å². The number of aromatic carboxylic acids is 1. The molecule has 11 heteroatoms. The van der Waals surface area contributed by atoms with E-state index in [2.05, 4.69) is 10.3 Å². The largest absolute Gasteiger partial charge is 0.478 e. The maximum absolute atomic E-state index is 14.4. The molecule has 0 radical (unpaired) electrons. The van der Waals surface area contributed by atoms with E-state index in [9.17, 15) is 28.7 Å². The van der Waals surface area contributed by atoms with Crippen molar-refractivity contribution in [2.45, 2.75) is 33.2 Å². The number of rotatable bonds is 8. The Morgan fingerprint density at radius 2 is 2.03 bits per heavy atom. The van der Waals surface area contributed by atoms with Gasteiger partial charge >= 0.3 is 5.97 Å². The van der Waals surface area contributed by atoms with Crippen LogP contribution in [0.5, 0.6) is 0 Å². The number of benzene rings is 1. The number of carboxylic acids is 1. The molecule has 0 aliphatic heterocycles. The normalized spacial score (nSPS) is 11.9. The van der Waals surface area contributed by atoms with Crippen molar-refractivity contribution in [1.29, 1.82) is 5.26 Å². The molecule has 0 aliphatic rings. The summed E-state index contributed by atoms with van der Waals surface area (Å²) in [5.41, 5.74) is -0.988. The number of carboxylic acid groups (broad SMARTS) is 1. The second-order valence-electron chi connectivity index (χ2n) is 7.47. The molecule has 178 valence electrons. The van der Waals surface area contributed by atoms with E-state index in [1.54, 1.807) is 24.0 Å². The van der Waals surface area contributed by atoms with Crippen LogP contribution < -0.4 is 15.8 Å². The Morgan fingerprint density at radius 3 is 2.59 bits per heavy atom. The van der Waals surface area contributed by atoms with E-state index in [1.165, 1.54) is 18.3 Å². The van der Waals surface area contributed by atoms with Crippen molar-refractivity contribution in [3.63, 3.8) is 0 Å². The minimum absolute atomic E-state index is 0.0177. The number of pyridine rings is 1. The molecule has 0 saturated heterocycles. The van der Waals surface area contributed by atoms with Gasteiger partial charge in [0.05, 0.1) is 10.6 Å². The van der Waals surface area contributed by atoms with Crippen LogP contribution in [0, 0.1) is 18.3 Å². The van der Waals surface area contributed by atoms with Gasteiger partial charge in [-0.25, -0.2) is 18.6 Å². The molecule has 0 aliphatic carbocycles. The first-order chi connectivity index (χ1) is 16.1. The lowest BCUT2D eigenvalue weighted by atomic mass is 10.0. The minimum Gasteiger partial charge on any atom is -0.478 e.